The molecule has 0 aliphatic heterocycles. The van der Waals surface area contributed by atoms with E-state index in [-0.39, 0.29) is 6.10 Å². The largest absolute Gasteiger partial charge is 0.388 e. The molecule has 0 amide bonds. The predicted octanol–water partition coefficient (Wildman–Crippen LogP) is 3.08. The van der Waals surface area contributed by atoms with Crippen LogP contribution in [0.5, 0.6) is 0 Å². The highest BCUT2D eigenvalue weighted by Crippen LogP contribution is 2.18. The van der Waals surface area contributed by atoms with Crippen molar-refractivity contribution >= 4 is 0 Å². The Morgan fingerprint density at radius 3 is 2.23 bits per heavy atom. The van der Waals surface area contributed by atoms with Gasteiger partial charge in [-0.1, -0.05) is 44.5 Å². The summed E-state index contributed by atoms with van der Waals surface area (Å²) in [5, 5.41) is 9.68. The van der Waals surface area contributed by atoms with Crippen LogP contribution in [0.4, 0.5) is 0 Å². The van der Waals surface area contributed by atoms with Crippen LogP contribution in [-0.2, 0) is 6.42 Å². The Balaban J connectivity index is 2.67. The molecule has 0 aliphatic carbocycles. The van der Waals surface area contributed by atoms with E-state index in [1.807, 2.05) is 12.1 Å². The fourth-order valence-corrected chi connectivity index (χ4v) is 1.42. The molecule has 0 bridgehead atoms. The second-order valence-electron chi connectivity index (χ2n) is 3.40. The Hall–Kier alpha value is -0.820. The molecule has 1 rings (SSSR count). The monoisotopic (exact) mass is 178 g/mol. The van der Waals surface area contributed by atoms with E-state index in [9.17, 15) is 5.11 Å². The second-order valence-corrected chi connectivity index (χ2v) is 3.40. The van der Waals surface area contributed by atoms with Crippen LogP contribution in [0.25, 0.3) is 0 Å². The fourth-order valence-electron chi connectivity index (χ4n) is 1.42. The van der Waals surface area contributed by atoms with Crippen LogP contribution in [0.1, 0.15) is 43.9 Å². The topological polar surface area (TPSA) is 20.2 Å². The lowest BCUT2D eigenvalue weighted by atomic mass is 10.0. The van der Waals surface area contributed by atoms with Gasteiger partial charge in [-0.15, -0.1) is 0 Å². The van der Waals surface area contributed by atoms with E-state index < -0.39 is 0 Å². The van der Waals surface area contributed by atoms with Crippen molar-refractivity contribution in [2.45, 2.75) is 39.2 Å². The van der Waals surface area contributed by atoms with E-state index in [4.69, 9.17) is 0 Å². The minimum absolute atomic E-state index is 0.282. The first kappa shape index (κ1) is 10.3. The van der Waals surface area contributed by atoms with E-state index >= 15 is 0 Å². The number of hydrogen-bond acceptors (Lipinski definition) is 1. The van der Waals surface area contributed by atoms with Gasteiger partial charge >= 0.3 is 0 Å². The van der Waals surface area contributed by atoms with Gasteiger partial charge < -0.3 is 5.11 Å². The quantitative estimate of drug-likeness (QED) is 0.751. The maximum absolute atomic E-state index is 9.68. The molecule has 0 saturated carbocycles. The third-order valence-electron chi connectivity index (χ3n) is 2.33. The summed E-state index contributed by atoms with van der Waals surface area (Å²) >= 11 is 0. The predicted molar refractivity (Wildman–Crippen MR) is 55.7 cm³/mol. The normalized spacial score (nSPS) is 12.8. The van der Waals surface area contributed by atoms with E-state index in [2.05, 4.69) is 26.0 Å². The summed E-state index contributed by atoms with van der Waals surface area (Å²) in [6, 6.07) is 8.24. The van der Waals surface area contributed by atoms with Crippen molar-refractivity contribution in [3.8, 4) is 0 Å². The molecule has 0 radical (unpaired) electrons. The molecular formula is C12H18O. The maximum Gasteiger partial charge on any atom is 0.0790 e. The zero-order valence-electron chi connectivity index (χ0n) is 8.46. The highest BCUT2D eigenvalue weighted by Gasteiger charge is 2.04. The highest BCUT2D eigenvalue weighted by molar-refractivity contribution is 5.23. The van der Waals surface area contributed by atoms with E-state index in [1.54, 1.807) is 0 Å². The molecular weight excluding hydrogens is 160 g/mol. The van der Waals surface area contributed by atoms with Crippen LogP contribution in [0.15, 0.2) is 24.3 Å². The highest BCUT2D eigenvalue weighted by atomic mass is 16.3. The van der Waals surface area contributed by atoms with Gasteiger partial charge in [-0.2, -0.15) is 0 Å². The Morgan fingerprint density at radius 2 is 1.77 bits per heavy atom. The number of benzene rings is 1. The zero-order valence-corrected chi connectivity index (χ0v) is 8.46. The maximum atomic E-state index is 9.68. The SMILES string of the molecule is CCCC(O)c1ccc(CC)cc1. The Morgan fingerprint density at radius 1 is 1.15 bits per heavy atom. The van der Waals surface area contributed by atoms with Crippen LogP contribution < -0.4 is 0 Å². The number of hydrogen-bond donors (Lipinski definition) is 1. The fraction of sp³-hybridized carbons (Fsp3) is 0.500. The van der Waals surface area contributed by atoms with Crippen LogP contribution in [0.2, 0.25) is 0 Å². The van der Waals surface area contributed by atoms with Gasteiger partial charge in [0.2, 0.25) is 0 Å². The average Bonchev–Trinajstić information content (AvgIpc) is 2.18. The first-order chi connectivity index (χ1) is 6.27. The van der Waals surface area contributed by atoms with Crippen molar-refractivity contribution in [2.75, 3.05) is 0 Å². The number of aliphatic hydroxyl groups is 1. The molecule has 1 nitrogen and oxygen atoms in total. The molecule has 0 spiro atoms. The number of aliphatic hydroxyl groups excluding tert-OH is 1. The molecule has 0 fully saturated rings. The summed E-state index contributed by atoms with van der Waals surface area (Å²) in [6.45, 7) is 4.22. The summed E-state index contributed by atoms with van der Waals surface area (Å²) in [5.41, 5.74) is 2.37. The number of aryl methyl sites for hydroxylation is 1. The van der Waals surface area contributed by atoms with Gasteiger partial charge in [-0.3, -0.25) is 0 Å². The van der Waals surface area contributed by atoms with Gasteiger partial charge in [0.15, 0.2) is 0 Å². The minimum atomic E-state index is -0.282. The molecule has 0 heterocycles. The van der Waals surface area contributed by atoms with Crippen LogP contribution in [0, 0.1) is 0 Å². The lowest BCUT2D eigenvalue weighted by Crippen LogP contribution is -1.96. The Bertz CT molecular complexity index is 238. The molecule has 1 aromatic rings. The molecule has 1 aromatic carbocycles. The smallest absolute Gasteiger partial charge is 0.0790 e. The molecule has 72 valence electrons. The Labute approximate surface area is 80.4 Å². The summed E-state index contributed by atoms with van der Waals surface area (Å²) in [5.74, 6) is 0. The standard InChI is InChI=1S/C12H18O/c1-3-5-12(13)11-8-6-10(4-2)7-9-11/h6-9,12-13H,3-5H2,1-2H3. The molecule has 0 saturated heterocycles. The van der Waals surface area contributed by atoms with Crippen molar-refractivity contribution in [3.63, 3.8) is 0 Å². The summed E-state index contributed by atoms with van der Waals surface area (Å²) < 4.78 is 0. The number of rotatable bonds is 4. The van der Waals surface area contributed by atoms with E-state index in [0.29, 0.717) is 0 Å². The molecule has 13 heavy (non-hydrogen) atoms. The first-order valence-corrected chi connectivity index (χ1v) is 5.04. The summed E-state index contributed by atoms with van der Waals surface area (Å²) in [6.07, 6.45) is 2.66. The molecule has 1 unspecified atom stereocenters. The van der Waals surface area contributed by atoms with Crippen molar-refractivity contribution in [1.29, 1.82) is 0 Å². The average molecular weight is 178 g/mol. The Kier molecular flexibility index (Phi) is 3.97. The van der Waals surface area contributed by atoms with Crippen LogP contribution in [-0.4, -0.2) is 5.11 Å². The minimum Gasteiger partial charge on any atom is -0.388 e. The summed E-state index contributed by atoms with van der Waals surface area (Å²) in [7, 11) is 0. The van der Waals surface area contributed by atoms with Crippen LogP contribution >= 0.6 is 0 Å². The van der Waals surface area contributed by atoms with E-state index in [0.717, 1.165) is 24.8 Å². The molecule has 0 aliphatic rings. The molecule has 1 heteroatoms. The van der Waals surface area contributed by atoms with Gasteiger partial charge in [0.05, 0.1) is 6.10 Å². The van der Waals surface area contributed by atoms with Crippen molar-refractivity contribution in [3.05, 3.63) is 35.4 Å². The van der Waals surface area contributed by atoms with Gasteiger partial charge in [-0.05, 0) is 24.0 Å². The third-order valence-corrected chi connectivity index (χ3v) is 2.33. The van der Waals surface area contributed by atoms with Crippen molar-refractivity contribution in [2.24, 2.45) is 0 Å². The molecule has 0 aromatic heterocycles. The summed E-state index contributed by atoms with van der Waals surface area (Å²) in [4.78, 5) is 0. The van der Waals surface area contributed by atoms with Crippen molar-refractivity contribution in [1.82, 2.24) is 0 Å². The lowest BCUT2D eigenvalue weighted by Gasteiger charge is -2.09. The molecule has 1 N–H and O–H groups in total. The zero-order chi connectivity index (χ0) is 9.68. The van der Waals surface area contributed by atoms with Crippen molar-refractivity contribution < 1.29 is 5.11 Å². The van der Waals surface area contributed by atoms with Gasteiger partial charge in [-0.25, -0.2) is 0 Å². The third kappa shape index (κ3) is 2.85. The molecule has 1 atom stereocenters. The van der Waals surface area contributed by atoms with Gasteiger partial charge in [0, 0.05) is 0 Å². The second kappa shape index (κ2) is 5.03. The van der Waals surface area contributed by atoms with E-state index in [1.165, 1.54) is 5.56 Å². The van der Waals surface area contributed by atoms with Gasteiger partial charge in [0.25, 0.3) is 0 Å². The van der Waals surface area contributed by atoms with Gasteiger partial charge in [0.1, 0.15) is 0 Å². The lowest BCUT2D eigenvalue weighted by molar-refractivity contribution is 0.166. The first-order valence-electron chi connectivity index (χ1n) is 5.04. The van der Waals surface area contributed by atoms with Crippen LogP contribution in [0.3, 0.4) is 0 Å².